The summed E-state index contributed by atoms with van der Waals surface area (Å²) >= 11 is 2.07. The van der Waals surface area contributed by atoms with Crippen molar-refractivity contribution in [2.45, 2.75) is 38.5 Å². The van der Waals surface area contributed by atoms with Crippen LogP contribution in [-0.2, 0) is 13.6 Å². The van der Waals surface area contributed by atoms with Crippen molar-refractivity contribution >= 4 is 39.8 Å². The maximum Gasteiger partial charge on any atom is 0.281 e. The van der Waals surface area contributed by atoms with E-state index in [9.17, 15) is 9.59 Å². The number of aromatic nitrogens is 3. The highest BCUT2D eigenvalue weighted by Crippen LogP contribution is 2.31. The van der Waals surface area contributed by atoms with Crippen molar-refractivity contribution in [3.8, 4) is 5.75 Å². The van der Waals surface area contributed by atoms with Gasteiger partial charge in [0.05, 0.1) is 40.1 Å². The topological polar surface area (TPSA) is 80.6 Å². The van der Waals surface area contributed by atoms with E-state index >= 15 is 0 Å². The monoisotopic (exact) mass is 545 g/mol. The third kappa shape index (κ3) is 4.23. The van der Waals surface area contributed by atoms with Crippen LogP contribution in [0.5, 0.6) is 5.75 Å². The van der Waals surface area contributed by atoms with E-state index in [0.717, 1.165) is 49.1 Å². The van der Waals surface area contributed by atoms with Crippen molar-refractivity contribution in [3.05, 3.63) is 63.8 Å². The number of likely N-dealkylation sites (tertiary alicyclic amines) is 1. The van der Waals surface area contributed by atoms with Gasteiger partial charge in [0.15, 0.2) is 0 Å². The van der Waals surface area contributed by atoms with Crippen LogP contribution in [0.4, 0.5) is 0 Å². The van der Waals surface area contributed by atoms with Gasteiger partial charge in [-0.05, 0) is 49.6 Å². The molecule has 0 radical (unpaired) electrons. The molecular formula is C23H24IN5O3. The van der Waals surface area contributed by atoms with E-state index in [2.05, 4.69) is 37.7 Å². The first-order valence-electron chi connectivity index (χ1n) is 10.7. The largest absolute Gasteiger partial charge is 0.486 e. The molecule has 8 nitrogen and oxygen atoms in total. The number of hydrogen-bond acceptors (Lipinski definition) is 6. The Morgan fingerprint density at radius 1 is 1.22 bits per heavy atom. The van der Waals surface area contributed by atoms with Crippen LogP contribution in [0, 0.1) is 6.92 Å². The molecule has 4 heterocycles. The van der Waals surface area contributed by atoms with Crippen molar-refractivity contribution < 1.29 is 9.53 Å². The number of fused-ring (bicyclic) bond motifs is 1. The molecule has 0 bridgehead atoms. The van der Waals surface area contributed by atoms with Gasteiger partial charge in [0.25, 0.3) is 11.5 Å². The Morgan fingerprint density at radius 2 is 2.00 bits per heavy atom. The molecule has 2 aliphatic rings. The SMILES string of the molecule is Cc1cc2ncc(CN3CC(Oc4ccc(C(=O)N(I)C5CC5)nc4)C3)cc2n(C)c1=O. The van der Waals surface area contributed by atoms with Gasteiger partial charge in [-0.15, -0.1) is 0 Å². The van der Waals surface area contributed by atoms with Gasteiger partial charge >= 0.3 is 0 Å². The van der Waals surface area contributed by atoms with Crippen LogP contribution in [0.25, 0.3) is 11.0 Å². The van der Waals surface area contributed by atoms with E-state index < -0.39 is 0 Å². The number of carbonyl (C=O) groups is 1. The molecule has 32 heavy (non-hydrogen) atoms. The quantitative estimate of drug-likeness (QED) is 0.350. The van der Waals surface area contributed by atoms with Crippen LogP contribution in [0.2, 0.25) is 0 Å². The molecule has 0 atom stereocenters. The fourth-order valence-electron chi connectivity index (χ4n) is 3.94. The predicted octanol–water partition coefficient (Wildman–Crippen LogP) is 2.85. The van der Waals surface area contributed by atoms with E-state index in [1.165, 1.54) is 0 Å². The van der Waals surface area contributed by atoms with Gasteiger partial charge in [-0.2, -0.15) is 0 Å². The molecule has 1 aliphatic heterocycles. The minimum atomic E-state index is -0.0499. The molecule has 0 unspecified atom stereocenters. The number of pyridine rings is 3. The fraction of sp³-hybridized carbons (Fsp3) is 0.391. The number of ether oxygens (including phenoxy) is 1. The number of carbonyl (C=O) groups excluding carboxylic acids is 1. The molecule has 1 amide bonds. The van der Waals surface area contributed by atoms with Gasteiger partial charge in [-0.3, -0.25) is 22.6 Å². The van der Waals surface area contributed by atoms with Gasteiger partial charge in [-0.1, -0.05) is 0 Å². The van der Waals surface area contributed by atoms with Gasteiger partial charge in [0, 0.05) is 44.5 Å². The standard InChI is InChI=1S/C23H24IN5O3/c1-14-7-20-21(27(2)22(14)30)8-15(9-25-20)11-28-12-18(13-28)32-17-5-6-19(26-10-17)23(31)29(24)16-3-4-16/h5-10,16,18H,3-4,11-13H2,1-2H3. The molecule has 1 aliphatic carbocycles. The second kappa shape index (κ2) is 8.43. The molecule has 1 saturated carbocycles. The minimum absolute atomic E-state index is 0.00827. The van der Waals surface area contributed by atoms with Crippen LogP contribution < -0.4 is 10.3 Å². The summed E-state index contributed by atoms with van der Waals surface area (Å²) in [5, 5.41) is 0. The van der Waals surface area contributed by atoms with Gasteiger partial charge in [0.2, 0.25) is 0 Å². The minimum Gasteiger partial charge on any atom is -0.486 e. The molecule has 0 aromatic carbocycles. The van der Waals surface area contributed by atoms with Crippen LogP contribution in [-0.4, -0.2) is 53.7 Å². The molecular weight excluding hydrogens is 521 g/mol. The molecule has 166 valence electrons. The van der Waals surface area contributed by atoms with Gasteiger partial charge < -0.3 is 9.30 Å². The zero-order valence-electron chi connectivity index (χ0n) is 18.0. The Labute approximate surface area is 199 Å². The number of amides is 1. The first-order chi connectivity index (χ1) is 15.4. The Morgan fingerprint density at radius 3 is 2.69 bits per heavy atom. The number of halogens is 1. The third-order valence-electron chi connectivity index (χ3n) is 5.96. The maximum atomic E-state index is 12.4. The zero-order chi connectivity index (χ0) is 22.4. The smallest absolute Gasteiger partial charge is 0.281 e. The van der Waals surface area contributed by atoms with Gasteiger partial charge in [0.1, 0.15) is 17.5 Å². The lowest BCUT2D eigenvalue weighted by molar-refractivity contribution is 0.0143. The van der Waals surface area contributed by atoms with E-state index in [-0.39, 0.29) is 17.6 Å². The maximum absolute atomic E-state index is 12.4. The summed E-state index contributed by atoms with van der Waals surface area (Å²) in [4.78, 5) is 35.7. The van der Waals surface area contributed by atoms with Crippen molar-refractivity contribution in [3.63, 3.8) is 0 Å². The number of aryl methyl sites for hydroxylation is 2. The van der Waals surface area contributed by atoms with Crippen LogP contribution in [0.3, 0.4) is 0 Å². The Bertz CT molecular complexity index is 1230. The normalized spacial score (nSPS) is 16.7. The number of hydrogen-bond donors (Lipinski definition) is 0. The fourth-order valence-corrected chi connectivity index (χ4v) is 4.75. The van der Waals surface area contributed by atoms with E-state index in [0.29, 0.717) is 23.0 Å². The lowest BCUT2D eigenvalue weighted by Gasteiger charge is -2.38. The molecule has 1 saturated heterocycles. The molecule has 5 rings (SSSR count). The molecule has 3 aromatic heterocycles. The van der Waals surface area contributed by atoms with Crippen molar-refractivity contribution in [1.82, 2.24) is 22.5 Å². The summed E-state index contributed by atoms with van der Waals surface area (Å²) in [5.41, 5.74) is 3.90. The lowest BCUT2D eigenvalue weighted by Crippen LogP contribution is -2.53. The Kier molecular flexibility index (Phi) is 5.62. The predicted molar refractivity (Wildman–Crippen MR) is 129 cm³/mol. The second-order valence-corrected chi connectivity index (χ2v) is 9.64. The Balaban J connectivity index is 1.16. The Hall–Kier alpha value is -2.53. The van der Waals surface area contributed by atoms with Gasteiger partial charge in [-0.25, -0.2) is 4.98 Å². The average Bonchev–Trinajstić information content (AvgIpc) is 3.61. The van der Waals surface area contributed by atoms with Crippen LogP contribution >= 0.6 is 22.9 Å². The molecule has 3 aromatic rings. The third-order valence-corrected chi connectivity index (χ3v) is 7.19. The summed E-state index contributed by atoms with van der Waals surface area (Å²) < 4.78 is 9.40. The molecule has 0 spiro atoms. The highest BCUT2D eigenvalue weighted by molar-refractivity contribution is 14.1. The first kappa shape index (κ1) is 21.3. The first-order valence-corrected chi connectivity index (χ1v) is 11.6. The van der Waals surface area contributed by atoms with Crippen molar-refractivity contribution in [1.29, 1.82) is 0 Å². The van der Waals surface area contributed by atoms with Crippen LogP contribution in [0.1, 0.15) is 34.5 Å². The van der Waals surface area contributed by atoms with E-state index in [1.54, 1.807) is 27.0 Å². The van der Waals surface area contributed by atoms with E-state index in [4.69, 9.17) is 4.74 Å². The van der Waals surface area contributed by atoms with Crippen molar-refractivity contribution in [2.24, 2.45) is 7.05 Å². The number of nitrogens with zero attached hydrogens (tertiary/aromatic N) is 5. The van der Waals surface area contributed by atoms with E-state index in [1.807, 2.05) is 31.3 Å². The molecule has 9 heteroatoms. The number of rotatable bonds is 6. The van der Waals surface area contributed by atoms with Crippen molar-refractivity contribution in [2.75, 3.05) is 13.1 Å². The highest BCUT2D eigenvalue weighted by atomic mass is 127. The highest BCUT2D eigenvalue weighted by Gasteiger charge is 2.32. The summed E-state index contributed by atoms with van der Waals surface area (Å²) in [7, 11) is 1.78. The summed E-state index contributed by atoms with van der Waals surface area (Å²) in [6.45, 7) is 4.16. The lowest BCUT2D eigenvalue weighted by atomic mass is 10.1. The second-order valence-electron chi connectivity index (χ2n) is 8.60. The summed E-state index contributed by atoms with van der Waals surface area (Å²) in [6.07, 6.45) is 5.73. The summed E-state index contributed by atoms with van der Waals surface area (Å²) in [5.74, 6) is 0.626. The average molecular weight is 545 g/mol. The molecule has 0 N–H and O–H groups in total. The van der Waals surface area contributed by atoms with Crippen LogP contribution in [0.15, 0.2) is 41.5 Å². The zero-order valence-corrected chi connectivity index (χ0v) is 20.2. The summed E-state index contributed by atoms with van der Waals surface area (Å²) in [6, 6.07) is 7.78. The molecule has 2 fully saturated rings.